The first-order valence-electron chi connectivity index (χ1n) is 5.24. The number of rotatable bonds is 5. The highest BCUT2D eigenvalue weighted by molar-refractivity contribution is 8.00. The number of methoxy groups -OCH3 is 1. The van der Waals surface area contributed by atoms with Crippen molar-refractivity contribution in [3.8, 4) is 5.75 Å². The van der Waals surface area contributed by atoms with Crippen molar-refractivity contribution in [3.63, 3.8) is 0 Å². The number of hydrogen-bond acceptors (Lipinski definition) is 3. The molecule has 84 valence electrons. The summed E-state index contributed by atoms with van der Waals surface area (Å²) in [7, 11) is 1.69. The lowest BCUT2D eigenvalue weighted by molar-refractivity contribution is 0.413. The molecule has 1 aromatic rings. The zero-order valence-electron chi connectivity index (χ0n) is 9.62. The number of thioether (sulfide) groups is 1. The second-order valence-corrected chi connectivity index (χ2v) is 4.99. The van der Waals surface area contributed by atoms with Crippen molar-refractivity contribution in [2.45, 2.75) is 37.0 Å². The van der Waals surface area contributed by atoms with E-state index in [-0.39, 0.29) is 0 Å². The number of benzene rings is 1. The standard InChI is InChI=1S/C12H19NOS/c1-4-9(2)15-12-7-11(14-3)6-5-10(12)8-13/h5-7,9H,4,8,13H2,1-3H3. The Bertz CT molecular complexity index is 314. The molecule has 2 N–H and O–H groups in total. The van der Waals surface area contributed by atoms with Crippen LogP contribution in [-0.4, -0.2) is 12.4 Å². The molecule has 0 aliphatic rings. The minimum Gasteiger partial charge on any atom is -0.497 e. The molecule has 0 saturated carbocycles. The molecule has 1 unspecified atom stereocenters. The maximum atomic E-state index is 5.71. The SMILES string of the molecule is CCC(C)Sc1cc(OC)ccc1CN. The first-order chi connectivity index (χ1) is 7.21. The highest BCUT2D eigenvalue weighted by Gasteiger charge is 2.07. The van der Waals surface area contributed by atoms with Crippen LogP contribution >= 0.6 is 11.8 Å². The van der Waals surface area contributed by atoms with E-state index in [2.05, 4.69) is 19.9 Å². The van der Waals surface area contributed by atoms with Crippen LogP contribution in [0.1, 0.15) is 25.8 Å². The molecule has 15 heavy (non-hydrogen) atoms. The molecule has 2 nitrogen and oxygen atoms in total. The number of ether oxygens (including phenoxy) is 1. The Hall–Kier alpha value is -0.670. The Morgan fingerprint density at radius 2 is 2.20 bits per heavy atom. The van der Waals surface area contributed by atoms with Gasteiger partial charge in [-0.3, -0.25) is 0 Å². The van der Waals surface area contributed by atoms with Crippen LogP contribution in [0.15, 0.2) is 23.1 Å². The van der Waals surface area contributed by atoms with Crippen molar-refractivity contribution in [2.75, 3.05) is 7.11 Å². The number of hydrogen-bond donors (Lipinski definition) is 1. The van der Waals surface area contributed by atoms with Crippen molar-refractivity contribution < 1.29 is 4.74 Å². The first-order valence-corrected chi connectivity index (χ1v) is 6.12. The van der Waals surface area contributed by atoms with Gasteiger partial charge in [0.2, 0.25) is 0 Å². The van der Waals surface area contributed by atoms with E-state index in [4.69, 9.17) is 10.5 Å². The summed E-state index contributed by atoms with van der Waals surface area (Å²) in [6.07, 6.45) is 1.16. The van der Waals surface area contributed by atoms with E-state index in [0.29, 0.717) is 11.8 Å². The summed E-state index contributed by atoms with van der Waals surface area (Å²) >= 11 is 1.86. The van der Waals surface area contributed by atoms with Gasteiger partial charge in [-0.1, -0.05) is 19.9 Å². The topological polar surface area (TPSA) is 35.2 Å². The second-order valence-electron chi connectivity index (χ2n) is 3.51. The third kappa shape index (κ3) is 3.43. The van der Waals surface area contributed by atoms with E-state index in [1.54, 1.807) is 7.11 Å². The van der Waals surface area contributed by atoms with Crippen molar-refractivity contribution in [1.82, 2.24) is 0 Å². The maximum absolute atomic E-state index is 5.71. The lowest BCUT2D eigenvalue weighted by atomic mass is 10.2. The van der Waals surface area contributed by atoms with Gasteiger partial charge in [-0.25, -0.2) is 0 Å². The predicted octanol–water partition coefficient (Wildman–Crippen LogP) is 3.04. The lowest BCUT2D eigenvalue weighted by Crippen LogP contribution is -2.01. The highest BCUT2D eigenvalue weighted by atomic mass is 32.2. The Kier molecular flexibility index (Phi) is 4.99. The van der Waals surface area contributed by atoms with Crippen LogP contribution < -0.4 is 10.5 Å². The molecule has 1 atom stereocenters. The van der Waals surface area contributed by atoms with Gasteiger partial charge in [-0.15, -0.1) is 11.8 Å². The predicted molar refractivity (Wildman–Crippen MR) is 66.5 cm³/mol. The smallest absolute Gasteiger partial charge is 0.119 e. The van der Waals surface area contributed by atoms with Crippen molar-refractivity contribution in [2.24, 2.45) is 5.73 Å². The van der Waals surface area contributed by atoms with Crippen LogP contribution in [0.25, 0.3) is 0 Å². The third-order valence-electron chi connectivity index (χ3n) is 2.40. The minimum absolute atomic E-state index is 0.586. The van der Waals surface area contributed by atoms with E-state index < -0.39 is 0 Å². The van der Waals surface area contributed by atoms with Gasteiger partial charge >= 0.3 is 0 Å². The summed E-state index contributed by atoms with van der Waals surface area (Å²) in [5, 5.41) is 0.613. The quantitative estimate of drug-likeness (QED) is 0.782. The molecule has 0 aromatic heterocycles. The fourth-order valence-electron chi connectivity index (χ4n) is 1.24. The molecule has 0 aliphatic carbocycles. The molecule has 0 heterocycles. The molecule has 0 radical (unpaired) electrons. The fourth-order valence-corrected chi connectivity index (χ4v) is 2.33. The molecule has 0 spiro atoms. The van der Waals surface area contributed by atoms with E-state index in [0.717, 1.165) is 12.2 Å². The van der Waals surface area contributed by atoms with Crippen LogP contribution in [0.2, 0.25) is 0 Å². The zero-order chi connectivity index (χ0) is 11.3. The molecular formula is C12H19NOS. The molecule has 3 heteroatoms. The largest absolute Gasteiger partial charge is 0.497 e. The maximum Gasteiger partial charge on any atom is 0.119 e. The van der Waals surface area contributed by atoms with Gasteiger partial charge in [-0.2, -0.15) is 0 Å². The minimum atomic E-state index is 0.586. The van der Waals surface area contributed by atoms with Gasteiger partial charge < -0.3 is 10.5 Å². The highest BCUT2D eigenvalue weighted by Crippen LogP contribution is 2.31. The normalized spacial score (nSPS) is 12.5. The summed E-state index contributed by atoms with van der Waals surface area (Å²) in [4.78, 5) is 1.24. The van der Waals surface area contributed by atoms with Crippen molar-refractivity contribution in [3.05, 3.63) is 23.8 Å². The van der Waals surface area contributed by atoms with Gasteiger partial charge in [-0.05, 0) is 24.1 Å². The molecule has 1 aromatic carbocycles. The molecular weight excluding hydrogens is 206 g/mol. The van der Waals surface area contributed by atoms with Gasteiger partial charge in [0.15, 0.2) is 0 Å². The average molecular weight is 225 g/mol. The van der Waals surface area contributed by atoms with Crippen LogP contribution in [-0.2, 0) is 6.54 Å². The first kappa shape index (κ1) is 12.4. The molecule has 0 fully saturated rings. The average Bonchev–Trinajstić information content (AvgIpc) is 2.28. The van der Waals surface area contributed by atoms with Gasteiger partial charge in [0, 0.05) is 16.7 Å². The van der Waals surface area contributed by atoms with Crippen molar-refractivity contribution in [1.29, 1.82) is 0 Å². The molecule has 0 amide bonds. The monoisotopic (exact) mass is 225 g/mol. The molecule has 0 aliphatic heterocycles. The third-order valence-corrected chi connectivity index (χ3v) is 3.77. The summed E-state index contributed by atoms with van der Waals surface area (Å²) in [5.41, 5.74) is 6.90. The summed E-state index contributed by atoms with van der Waals surface area (Å²) in [5.74, 6) is 0.901. The summed E-state index contributed by atoms with van der Waals surface area (Å²) in [6.45, 7) is 5.01. The van der Waals surface area contributed by atoms with Gasteiger partial charge in [0.1, 0.15) is 5.75 Å². The van der Waals surface area contributed by atoms with E-state index in [1.165, 1.54) is 10.5 Å². The Morgan fingerprint density at radius 1 is 1.47 bits per heavy atom. The van der Waals surface area contributed by atoms with Crippen LogP contribution in [0, 0.1) is 0 Å². The molecule has 0 saturated heterocycles. The Morgan fingerprint density at radius 3 is 2.73 bits per heavy atom. The number of nitrogens with two attached hydrogens (primary N) is 1. The molecule has 1 rings (SSSR count). The van der Waals surface area contributed by atoms with Gasteiger partial charge in [0.05, 0.1) is 7.11 Å². The van der Waals surface area contributed by atoms with Crippen molar-refractivity contribution >= 4 is 11.8 Å². The zero-order valence-corrected chi connectivity index (χ0v) is 10.4. The second kappa shape index (κ2) is 6.03. The lowest BCUT2D eigenvalue weighted by Gasteiger charge is -2.13. The Balaban J connectivity index is 2.90. The van der Waals surface area contributed by atoms with Gasteiger partial charge in [0.25, 0.3) is 0 Å². The van der Waals surface area contributed by atoms with E-state index >= 15 is 0 Å². The van der Waals surface area contributed by atoms with Crippen LogP contribution in [0.3, 0.4) is 0 Å². The van der Waals surface area contributed by atoms with Crippen LogP contribution in [0.5, 0.6) is 5.75 Å². The molecule has 0 bridgehead atoms. The summed E-state index contributed by atoms with van der Waals surface area (Å²) < 4.78 is 5.22. The van der Waals surface area contributed by atoms with Crippen LogP contribution in [0.4, 0.5) is 0 Å². The van der Waals surface area contributed by atoms with E-state index in [9.17, 15) is 0 Å². The fraction of sp³-hybridized carbons (Fsp3) is 0.500. The Labute approximate surface area is 96.2 Å². The summed E-state index contributed by atoms with van der Waals surface area (Å²) in [6, 6.07) is 6.07. The van der Waals surface area contributed by atoms with E-state index in [1.807, 2.05) is 23.9 Å².